The molecular formula is C20H40O3. The van der Waals surface area contributed by atoms with Gasteiger partial charge in [-0.05, 0) is 12.8 Å². The van der Waals surface area contributed by atoms with Crippen LogP contribution in [0.3, 0.4) is 0 Å². The van der Waals surface area contributed by atoms with Gasteiger partial charge in [-0.3, -0.25) is 4.79 Å². The lowest BCUT2D eigenvalue weighted by Gasteiger charge is -2.06. The van der Waals surface area contributed by atoms with Crippen molar-refractivity contribution in [1.29, 1.82) is 0 Å². The topological polar surface area (TPSA) is 35.5 Å². The average Bonchev–Trinajstić information content (AvgIpc) is 2.56. The molecule has 0 aromatic rings. The van der Waals surface area contributed by atoms with E-state index in [1.807, 2.05) is 0 Å². The summed E-state index contributed by atoms with van der Waals surface area (Å²) in [5, 5.41) is 0. The first-order valence-corrected chi connectivity index (χ1v) is 10.0. The Morgan fingerprint density at radius 2 is 1.13 bits per heavy atom. The van der Waals surface area contributed by atoms with Gasteiger partial charge in [0.1, 0.15) is 6.61 Å². The lowest BCUT2D eigenvalue weighted by molar-refractivity contribution is -0.145. The van der Waals surface area contributed by atoms with Crippen LogP contribution in [0, 0.1) is 0 Å². The van der Waals surface area contributed by atoms with Gasteiger partial charge in [0.05, 0.1) is 6.61 Å². The molecule has 0 fully saturated rings. The first-order valence-electron chi connectivity index (χ1n) is 10.0. The van der Waals surface area contributed by atoms with Gasteiger partial charge in [0, 0.05) is 13.0 Å². The molecule has 0 amide bonds. The molecule has 0 saturated heterocycles. The molecule has 0 saturated carbocycles. The van der Waals surface area contributed by atoms with E-state index in [9.17, 15) is 4.79 Å². The predicted octanol–water partition coefficient (Wildman–Crippen LogP) is 6.05. The minimum atomic E-state index is -0.0671. The van der Waals surface area contributed by atoms with Crippen LogP contribution in [0.1, 0.15) is 104 Å². The van der Waals surface area contributed by atoms with Gasteiger partial charge in [-0.1, -0.05) is 84.5 Å². The highest BCUT2D eigenvalue weighted by Gasteiger charge is 2.02. The van der Waals surface area contributed by atoms with Crippen LogP contribution in [-0.4, -0.2) is 25.8 Å². The predicted molar refractivity (Wildman–Crippen MR) is 97.8 cm³/mol. The Labute approximate surface area is 144 Å². The van der Waals surface area contributed by atoms with E-state index in [2.05, 4.69) is 13.8 Å². The highest BCUT2D eigenvalue weighted by Crippen LogP contribution is 2.10. The quantitative estimate of drug-likeness (QED) is 0.227. The van der Waals surface area contributed by atoms with Crippen LogP contribution in [0.5, 0.6) is 0 Å². The molecule has 0 radical (unpaired) electrons. The zero-order valence-electron chi connectivity index (χ0n) is 15.7. The van der Waals surface area contributed by atoms with Gasteiger partial charge in [0.2, 0.25) is 0 Å². The molecule has 0 heterocycles. The molecule has 0 bridgehead atoms. The van der Waals surface area contributed by atoms with Crippen LogP contribution in [0.2, 0.25) is 0 Å². The maximum absolute atomic E-state index is 11.5. The van der Waals surface area contributed by atoms with Crippen LogP contribution in [0.25, 0.3) is 0 Å². The van der Waals surface area contributed by atoms with E-state index < -0.39 is 0 Å². The van der Waals surface area contributed by atoms with Gasteiger partial charge in [-0.15, -0.1) is 0 Å². The van der Waals surface area contributed by atoms with E-state index in [-0.39, 0.29) is 5.97 Å². The fourth-order valence-electron chi connectivity index (χ4n) is 2.60. The number of hydrogen-bond acceptors (Lipinski definition) is 3. The zero-order chi connectivity index (χ0) is 17.0. The second-order valence-electron chi connectivity index (χ2n) is 6.47. The van der Waals surface area contributed by atoms with Crippen molar-refractivity contribution < 1.29 is 14.3 Å². The van der Waals surface area contributed by atoms with Gasteiger partial charge in [-0.2, -0.15) is 0 Å². The third-order valence-electron chi connectivity index (χ3n) is 4.12. The molecule has 3 heteroatoms. The number of esters is 1. The Hall–Kier alpha value is -0.570. The summed E-state index contributed by atoms with van der Waals surface area (Å²) in [6.45, 7) is 6.18. The van der Waals surface area contributed by atoms with Crippen LogP contribution in [0.4, 0.5) is 0 Å². The van der Waals surface area contributed by atoms with E-state index in [4.69, 9.17) is 9.47 Å². The van der Waals surface area contributed by atoms with Crippen molar-refractivity contribution in [2.75, 3.05) is 19.8 Å². The first-order chi connectivity index (χ1) is 11.3. The smallest absolute Gasteiger partial charge is 0.305 e. The highest BCUT2D eigenvalue weighted by molar-refractivity contribution is 5.69. The summed E-state index contributed by atoms with van der Waals surface area (Å²) in [7, 11) is 0. The second kappa shape index (κ2) is 19.5. The van der Waals surface area contributed by atoms with Crippen molar-refractivity contribution in [1.82, 2.24) is 0 Å². The van der Waals surface area contributed by atoms with E-state index in [0.717, 1.165) is 25.9 Å². The van der Waals surface area contributed by atoms with Crippen molar-refractivity contribution in [2.45, 2.75) is 104 Å². The van der Waals surface area contributed by atoms with E-state index in [0.29, 0.717) is 19.6 Å². The maximum atomic E-state index is 11.5. The van der Waals surface area contributed by atoms with Crippen molar-refractivity contribution >= 4 is 5.97 Å². The second-order valence-corrected chi connectivity index (χ2v) is 6.47. The SMILES string of the molecule is CCCCCCCCCCCC(=O)OCCOCCCCCC. The van der Waals surface area contributed by atoms with Crippen LogP contribution < -0.4 is 0 Å². The molecule has 0 aliphatic rings. The third-order valence-corrected chi connectivity index (χ3v) is 4.12. The lowest BCUT2D eigenvalue weighted by atomic mass is 10.1. The fourth-order valence-corrected chi connectivity index (χ4v) is 2.60. The zero-order valence-corrected chi connectivity index (χ0v) is 15.7. The summed E-state index contributed by atoms with van der Waals surface area (Å²) >= 11 is 0. The lowest BCUT2D eigenvalue weighted by Crippen LogP contribution is -2.10. The minimum Gasteiger partial charge on any atom is -0.463 e. The standard InChI is InChI=1S/C20H40O3/c1-3-5-7-9-10-11-12-13-14-16-20(21)23-19-18-22-17-15-8-6-4-2/h3-19H2,1-2H3. The molecule has 0 aliphatic heterocycles. The molecule has 3 nitrogen and oxygen atoms in total. The Morgan fingerprint density at radius 3 is 1.74 bits per heavy atom. The Balaban J connectivity index is 3.13. The molecule has 138 valence electrons. The highest BCUT2D eigenvalue weighted by atomic mass is 16.6. The monoisotopic (exact) mass is 328 g/mol. The molecule has 0 atom stereocenters. The summed E-state index contributed by atoms with van der Waals surface area (Å²) in [4.78, 5) is 11.5. The maximum Gasteiger partial charge on any atom is 0.305 e. The van der Waals surface area contributed by atoms with Crippen molar-refractivity contribution in [3.8, 4) is 0 Å². The molecule has 23 heavy (non-hydrogen) atoms. The molecule has 0 rings (SSSR count). The van der Waals surface area contributed by atoms with Gasteiger partial charge in [0.25, 0.3) is 0 Å². The largest absolute Gasteiger partial charge is 0.463 e. The van der Waals surface area contributed by atoms with Gasteiger partial charge < -0.3 is 9.47 Å². The van der Waals surface area contributed by atoms with Crippen LogP contribution in [-0.2, 0) is 14.3 Å². The number of carbonyl (C=O) groups is 1. The van der Waals surface area contributed by atoms with Gasteiger partial charge in [0.15, 0.2) is 0 Å². The molecule has 0 aliphatic carbocycles. The van der Waals surface area contributed by atoms with Gasteiger partial charge in [-0.25, -0.2) is 0 Å². The summed E-state index contributed by atoms with van der Waals surface area (Å²) in [6.07, 6.45) is 16.9. The van der Waals surface area contributed by atoms with E-state index in [1.165, 1.54) is 64.2 Å². The number of carbonyl (C=O) groups excluding carboxylic acids is 1. The molecule has 0 unspecified atom stereocenters. The van der Waals surface area contributed by atoms with Crippen LogP contribution >= 0.6 is 0 Å². The molecule has 0 N–H and O–H groups in total. The Kier molecular flexibility index (Phi) is 19.0. The summed E-state index contributed by atoms with van der Waals surface area (Å²) < 4.78 is 10.6. The van der Waals surface area contributed by atoms with E-state index in [1.54, 1.807) is 0 Å². The minimum absolute atomic E-state index is 0.0671. The number of unbranched alkanes of at least 4 members (excludes halogenated alkanes) is 11. The first kappa shape index (κ1) is 22.4. The van der Waals surface area contributed by atoms with Gasteiger partial charge >= 0.3 is 5.97 Å². The van der Waals surface area contributed by atoms with Crippen molar-refractivity contribution in [2.24, 2.45) is 0 Å². The van der Waals surface area contributed by atoms with Crippen molar-refractivity contribution in [3.63, 3.8) is 0 Å². The van der Waals surface area contributed by atoms with Crippen LogP contribution in [0.15, 0.2) is 0 Å². The number of hydrogen-bond donors (Lipinski definition) is 0. The fraction of sp³-hybridized carbons (Fsp3) is 0.950. The normalized spacial score (nSPS) is 10.9. The van der Waals surface area contributed by atoms with Crippen molar-refractivity contribution in [3.05, 3.63) is 0 Å². The molecule has 0 aromatic heterocycles. The summed E-state index contributed by atoms with van der Waals surface area (Å²) in [6, 6.07) is 0. The Bertz CT molecular complexity index is 241. The summed E-state index contributed by atoms with van der Waals surface area (Å²) in [5.41, 5.74) is 0. The number of rotatable bonds is 18. The third kappa shape index (κ3) is 19.4. The molecule has 0 spiro atoms. The van der Waals surface area contributed by atoms with E-state index >= 15 is 0 Å². The summed E-state index contributed by atoms with van der Waals surface area (Å²) in [5.74, 6) is -0.0671. The number of ether oxygens (including phenoxy) is 2. The molecular weight excluding hydrogens is 288 g/mol. The average molecular weight is 329 g/mol. The Morgan fingerprint density at radius 1 is 0.609 bits per heavy atom. The molecule has 0 aromatic carbocycles.